The quantitative estimate of drug-likeness (QED) is 0.201. The molecule has 2 rings (SSSR count). The van der Waals surface area contributed by atoms with E-state index in [9.17, 15) is 5.11 Å². The first-order chi connectivity index (χ1) is 13.9. The molecule has 0 radical (unpaired) electrons. The molecule has 0 spiro atoms. The number of aliphatic hydroxyl groups is 1. The molecular formula is C21H34N2O4SSi2. The zero-order valence-corrected chi connectivity index (χ0v) is 22.0. The Morgan fingerprint density at radius 1 is 1.20 bits per heavy atom. The second-order valence-corrected chi connectivity index (χ2v) is 21.6. The zero-order valence-electron chi connectivity index (χ0n) is 19.2. The molecule has 0 fully saturated rings. The van der Waals surface area contributed by atoms with Crippen LogP contribution in [0.25, 0.3) is 17.4 Å². The van der Waals surface area contributed by atoms with Gasteiger partial charge in [0.15, 0.2) is 0 Å². The summed E-state index contributed by atoms with van der Waals surface area (Å²) in [7, 11) is -2.71. The van der Waals surface area contributed by atoms with Crippen molar-refractivity contribution < 1.29 is 19.0 Å². The van der Waals surface area contributed by atoms with Gasteiger partial charge in [-0.05, 0) is 13.0 Å². The van der Waals surface area contributed by atoms with E-state index in [1.807, 2.05) is 0 Å². The highest BCUT2D eigenvalue weighted by atomic mass is 32.1. The van der Waals surface area contributed by atoms with Gasteiger partial charge in [-0.15, -0.1) is 11.3 Å². The predicted octanol–water partition coefficient (Wildman–Crippen LogP) is 5.59. The maximum Gasteiger partial charge on any atom is 0.221 e. The van der Waals surface area contributed by atoms with Crippen LogP contribution in [0.2, 0.25) is 45.3 Å². The van der Waals surface area contributed by atoms with Gasteiger partial charge in [-0.3, -0.25) is 0 Å². The first-order valence-electron chi connectivity index (χ1n) is 10.0. The fourth-order valence-electron chi connectivity index (χ4n) is 2.53. The number of allylic oxidation sites excluding steroid dienone is 1. The van der Waals surface area contributed by atoms with Gasteiger partial charge in [0, 0.05) is 30.8 Å². The highest BCUT2D eigenvalue weighted by molar-refractivity contribution is 7.27. The Balaban J connectivity index is 2.07. The Morgan fingerprint density at radius 3 is 2.47 bits per heavy atom. The molecule has 0 saturated carbocycles. The minimum Gasteiger partial charge on any atom is -0.505 e. The normalized spacial score (nSPS) is 13.1. The highest BCUT2D eigenvalue weighted by Crippen LogP contribution is 2.22. The third-order valence-electron chi connectivity index (χ3n) is 4.19. The number of nitrogens with zero attached hydrogens (tertiary/aromatic N) is 2. The molecule has 0 bridgehead atoms. The molecule has 9 heteroatoms. The van der Waals surface area contributed by atoms with Crippen molar-refractivity contribution >= 4 is 49.4 Å². The molecule has 0 aromatic carbocycles. The SMILES string of the molecule is C=C(C)c1nc(/C(O)=C/c2nc(COCOCC[Si](C)(C)C)c([Si](C)(C)C)s2)co1. The molecule has 0 atom stereocenters. The van der Waals surface area contributed by atoms with Crippen molar-refractivity contribution in [2.45, 2.75) is 58.9 Å². The average Bonchev–Trinajstić information content (AvgIpc) is 3.24. The lowest BCUT2D eigenvalue weighted by atomic mass is 10.3. The van der Waals surface area contributed by atoms with Crippen molar-refractivity contribution in [1.82, 2.24) is 9.97 Å². The number of aliphatic hydroxyl groups excluding tert-OH is 1. The summed E-state index contributed by atoms with van der Waals surface area (Å²) < 4.78 is 17.9. The Bertz CT molecular complexity index is 892. The summed E-state index contributed by atoms with van der Waals surface area (Å²) in [6, 6.07) is 1.12. The Hall–Kier alpha value is -1.53. The summed E-state index contributed by atoms with van der Waals surface area (Å²) in [5.74, 6) is 0.430. The van der Waals surface area contributed by atoms with Crippen molar-refractivity contribution in [2.75, 3.05) is 13.4 Å². The van der Waals surface area contributed by atoms with Crippen LogP contribution in [0.5, 0.6) is 0 Å². The lowest BCUT2D eigenvalue weighted by molar-refractivity contribution is -0.0579. The molecule has 30 heavy (non-hydrogen) atoms. The molecule has 1 N–H and O–H groups in total. The summed E-state index contributed by atoms with van der Waals surface area (Å²) in [5.41, 5.74) is 2.00. The third-order valence-corrected chi connectivity index (χ3v) is 10.5. The number of hydrogen-bond donors (Lipinski definition) is 1. The van der Waals surface area contributed by atoms with Crippen LogP contribution in [-0.2, 0) is 16.1 Å². The first kappa shape index (κ1) is 24.7. The molecular weight excluding hydrogens is 432 g/mol. The third kappa shape index (κ3) is 7.62. The number of ether oxygens (including phenoxy) is 2. The molecule has 6 nitrogen and oxygen atoms in total. The summed E-state index contributed by atoms with van der Waals surface area (Å²) in [6.07, 6.45) is 3.05. The van der Waals surface area contributed by atoms with Crippen LogP contribution < -0.4 is 4.50 Å². The zero-order chi connectivity index (χ0) is 22.5. The van der Waals surface area contributed by atoms with Crippen molar-refractivity contribution in [2.24, 2.45) is 0 Å². The second kappa shape index (κ2) is 10.2. The van der Waals surface area contributed by atoms with Gasteiger partial charge in [0.25, 0.3) is 0 Å². The van der Waals surface area contributed by atoms with Gasteiger partial charge in [0.05, 0.1) is 20.4 Å². The number of thiazole rings is 1. The minimum absolute atomic E-state index is 0.0178. The van der Waals surface area contributed by atoms with E-state index < -0.39 is 16.1 Å². The fraction of sp³-hybridized carbons (Fsp3) is 0.524. The smallest absolute Gasteiger partial charge is 0.221 e. The van der Waals surface area contributed by atoms with Gasteiger partial charge >= 0.3 is 0 Å². The molecule has 0 aliphatic rings. The lowest BCUT2D eigenvalue weighted by Gasteiger charge is -2.16. The van der Waals surface area contributed by atoms with Crippen LogP contribution >= 0.6 is 11.3 Å². The molecule has 0 unspecified atom stereocenters. The van der Waals surface area contributed by atoms with E-state index in [0.717, 1.165) is 23.4 Å². The molecule has 166 valence electrons. The summed E-state index contributed by atoms with van der Waals surface area (Å²) >= 11 is 1.60. The van der Waals surface area contributed by atoms with Gasteiger partial charge in [0.1, 0.15) is 29.5 Å². The molecule has 0 aliphatic carbocycles. The number of rotatable bonds is 11. The summed E-state index contributed by atoms with van der Waals surface area (Å²) in [6.45, 7) is 20.8. The topological polar surface area (TPSA) is 77.6 Å². The van der Waals surface area contributed by atoms with Gasteiger partial charge in [0.2, 0.25) is 5.89 Å². The van der Waals surface area contributed by atoms with E-state index in [-0.39, 0.29) is 12.6 Å². The maximum absolute atomic E-state index is 10.4. The monoisotopic (exact) mass is 466 g/mol. The number of hydrogen-bond acceptors (Lipinski definition) is 7. The number of aromatic nitrogens is 2. The second-order valence-electron chi connectivity index (χ2n) is 9.61. The van der Waals surface area contributed by atoms with Crippen molar-refractivity contribution in [3.63, 3.8) is 0 Å². The van der Waals surface area contributed by atoms with E-state index in [1.165, 1.54) is 10.8 Å². The lowest BCUT2D eigenvalue weighted by Crippen LogP contribution is -2.38. The van der Waals surface area contributed by atoms with Crippen LogP contribution in [0.4, 0.5) is 0 Å². The summed E-state index contributed by atoms with van der Waals surface area (Å²) in [5, 5.41) is 11.2. The Labute approximate surface area is 185 Å². The Kier molecular flexibility index (Phi) is 8.40. The molecule has 2 aromatic heterocycles. The van der Waals surface area contributed by atoms with Crippen molar-refractivity contribution in [3.8, 4) is 0 Å². The number of oxazole rings is 1. The maximum atomic E-state index is 10.4. The Morgan fingerprint density at radius 2 is 1.90 bits per heavy atom. The van der Waals surface area contributed by atoms with Crippen LogP contribution in [0.1, 0.15) is 29.2 Å². The largest absolute Gasteiger partial charge is 0.505 e. The van der Waals surface area contributed by atoms with Crippen LogP contribution in [-0.4, -0.2) is 44.6 Å². The first-order valence-corrected chi connectivity index (χ1v) is 18.1. The van der Waals surface area contributed by atoms with Gasteiger partial charge in [-0.2, -0.15) is 0 Å². The average molecular weight is 467 g/mol. The standard InChI is InChI=1S/C21H34N2O4SSi2/c1-15(2)20-23-16(13-27-20)18(24)11-19-22-17(21(28-19)30(6,7)8)12-26-14-25-9-10-29(3,4)5/h11,13,24H,1,9-10,12,14H2,2-8H3/b18-11-. The van der Waals surface area contributed by atoms with E-state index in [1.54, 1.807) is 24.3 Å². The molecule has 2 aromatic rings. The molecule has 0 amide bonds. The van der Waals surface area contributed by atoms with E-state index in [4.69, 9.17) is 18.9 Å². The fourth-order valence-corrected chi connectivity index (χ4v) is 6.58. The van der Waals surface area contributed by atoms with E-state index >= 15 is 0 Å². The van der Waals surface area contributed by atoms with Crippen molar-refractivity contribution in [3.05, 3.63) is 35.1 Å². The molecule has 0 saturated heterocycles. The molecule has 0 aliphatic heterocycles. The van der Waals surface area contributed by atoms with Gasteiger partial charge in [-0.1, -0.05) is 45.9 Å². The van der Waals surface area contributed by atoms with Gasteiger partial charge in [-0.25, -0.2) is 9.97 Å². The van der Waals surface area contributed by atoms with Crippen LogP contribution in [0, 0.1) is 0 Å². The predicted molar refractivity (Wildman–Crippen MR) is 131 cm³/mol. The minimum atomic E-state index is -1.61. The van der Waals surface area contributed by atoms with E-state index in [0.29, 0.717) is 23.8 Å². The molecule has 2 heterocycles. The van der Waals surface area contributed by atoms with E-state index in [2.05, 4.69) is 50.8 Å². The highest BCUT2D eigenvalue weighted by Gasteiger charge is 2.25. The van der Waals surface area contributed by atoms with Gasteiger partial charge < -0.3 is 19.0 Å². The summed E-state index contributed by atoms with van der Waals surface area (Å²) in [4.78, 5) is 8.95. The van der Waals surface area contributed by atoms with Crippen molar-refractivity contribution in [1.29, 1.82) is 0 Å². The van der Waals surface area contributed by atoms with Crippen LogP contribution in [0.3, 0.4) is 0 Å². The van der Waals surface area contributed by atoms with Crippen LogP contribution in [0.15, 0.2) is 17.3 Å².